The summed E-state index contributed by atoms with van der Waals surface area (Å²) in [7, 11) is -0.967. The monoisotopic (exact) mass is 545 g/mol. The highest BCUT2D eigenvalue weighted by atomic mass is 32.2. The molecule has 1 aliphatic rings. The van der Waals surface area contributed by atoms with Crippen LogP contribution in [0.5, 0.6) is 11.5 Å². The van der Waals surface area contributed by atoms with Crippen molar-refractivity contribution in [1.82, 2.24) is 10.2 Å². The highest BCUT2D eigenvalue weighted by Gasteiger charge is 2.34. The van der Waals surface area contributed by atoms with Crippen LogP contribution < -0.4 is 19.1 Å². The average Bonchev–Trinajstić information content (AvgIpc) is 3.40. The Hall–Kier alpha value is -3.27. The van der Waals surface area contributed by atoms with E-state index in [4.69, 9.17) is 9.47 Å². The van der Waals surface area contributed by atoms with E-state index in [0.717, 1.165) is 47.4 Å². The molecule has 2 aromatic carbocycles. The number of carbonyl (C=O) groups is 2. The topological polar surface area (TPSA) is 105 Å². The van der Waals surface area contributed by atoms with E-state index in [9.17, 15) is 18.0 Å². The van der Waals surface area contributed by atoms with Gasteiger partial charge in [0.15, 0.2) is 0 Å². The van der Waals surface area contributed by atoms with E-state index in [2.05, 4.69) is 5.32 Å². The molecule has 0 saturated heterocycles. The number of methoxy groups -OCH3 is 2. The number of amides is 2. The zero-order chi connectivity index (χ0) is 27.9. The van der Waals surface area contributed by atoms with Crippen LogP contribution in [0.1, 0.15) is 50.2 Å². The number of benzene rings is 2. The van der Waals surface area contributed by atoms with Crippen LogP contribution in [0.2, 0.25) is 0 Å². The fourth-order valence-electron chi connectivity index (χ4n) is 4.84. The molecule has 1 fully saturated rings. The summed E-state index contributed by atoms with van der Waals surface area (Å²) in [5.74, 6) is 0.0412. The van der Waals surface area contributed by atoms with Crippen LogP contribution in [-0.4, -0.2) is 64.2 Å². The zero-order valence-electron chi connectivity index (χ0n) is 22.9. The van der Waals surface area contributed by atoms with Crippen molar-refractivity contribution in [2.75, 3.05) is 31.3 Å². The van der Waals surface area contributed by atoms with Gasteiger partial charge in [0.05, 0.1) is 26.2 Å². The predicted molar refractivity (Wildman–Crippen MR) is 148 cm³/mol. The van der Waals surface area contributed by atoms with E-state index in [1.165, 1.54) is 19.1 Å². The Balaban J connectivity index is 1.98. The summed E-state index contributed by atoms with van der Waals surface area (Å²) in [6.45, 7) is 3.50. The SMILES string of the molecule is CC[C@@H](C(=O)NC1CCCC1)N(Cc1ccccc1C)C(=O)CN(c1ccc(OC)cc1OC)S(C)(=O)=O. The molecule has 0 spiro atoms. The van der Waals surface area contributed by atoms with Gasteiger partial charge < -0.3 is 19.7 Å². The number of ether oxygens (including phenoxy) is 2. The Kier molecular flexibility index (Phi) is 10.0. The van der Waals surface area contributed by atoms with Gasteiger partial charge >= 0.3 is 0 Å². The van der Waals surface area contributed by atoms with Crippen molar-refractivity contribution in [3.8, 4) is 11.5 Å². The van der Waals surface area contributed by atoms with Crippen LogP contribution in [0.3, 0.4) is 0 Å². The Morgan fingerprint density at radius 1 is 1.08 bits per heavy atom. The minimum Gasteiger partial charge on any atom is -0.497 e. The Morgan fingerprint density at radius 2 is 1.76 bits per heavy atom. The summed E-state index contributed by atoms with van der Waals surface area (Å²) in [5.41, 5.74) is 2.08. The summed E-state index contributed by atoms with van der Waals surface area (Å²) in [6, 6.07) is 11.7. The zero-order valence-corrected chi connectivity index (χ0v) is 23.7. The van der Waals surface area contributed by atoms with Gasteiger partial charge in [-0.05, 0) is 49.4 Å². The van der Waals surface area contributed by atoms with Gasteiger partial charge in [-0.3, -0.25) is 13.9 Å². The molecule has 1 saturated carbocycles. The molecule has 1 aliphatic carbocycles. The number of rotatable bonds is 12. The molecule has 0 radical (unpaired) electrons. The number of aryl methyl sites for hydroxylation is 1. The summed E-state index contributed by atoms with van der Waals surface area (Å²) >= 11 is 0. The van der Waals surface area contributed by atoms with Crippen LogP contribution in [-0.2, 0) is 26.2 Å². The van der Waals surface area contributed by atoms with Gasteiger partial charge in [-0.25, -0.2) is 8.42 Å². The fraction of sp³-hybridized carbons (Fsp3) is 0.500. The van der Waals surface area contributed by atoms with E-state index in [1.807, 2.05) is 38.1 Å². The van der Waals surface area contributed by atoms with Crippen molar-refractivity contribution in [2.45, 2.75) is 64.6 Å². The molecule has 0 aromatic heterocycles. The number of nitrogens with one attached hydrogen (secondary N) is 1. The maximum absolute atomic E-state index is 13.9. The first-order chi connectivity index (χ1) is 18.1. The molecule has 1 atom stereocenters. The predicted octanol–water partition coefficient (Wildman–Crippen LogP) is 3.64. The molecule has 1 N–H and O–H groups in total. The molecule has 9 nitrogen and oxygen atoms in total. The lowest BCUT2D eigenvalue weighted by atomic mass is 10.1. The summed E-state index contributed by atoms with van der Waals surface area (Å²) in [6.07, 6.45) is 5.42. The largest absolute Gasteiger partial charge is 0.497 e. The lowest BCUT2D eigenvalue weighted by Crippen LogP contribution is -2.53. The number of hydrogen-bond acceptors (Lipinski definition) is 6. The molecule has 2 aromatic rings. The fourth-order valence-corrected chi connectivity index (χ4v) is 5.70. The number of sulfonamides is 1. The third-order valence-electron chi connectivity index (χ3n) is 7.02. The molecule has 0 aliphatic heterocycles. The molecule has 2 amide bonds. The Labute approximate surface area is 226 Å². The first-order valence-electron chi connectivity index (χ1n) is 12.9. The van der Waals surface area contributed by atoms with Crippen molar-refractivity contribution in [3.63, 3.8) is 0 Å². The van der Waals surface area contributed by atoms with Gasteiger partial charge in [-0.2, -0.15) is 0 Å². The van der Waals surface area contributed by atoms with E-state index in [1.54, 1.807) is 18.2 Å². The molecule has 38 heavy (non-hydrogen) atoms. The number of anilines is 1. The van der Waals surface area contributed by atoms with Crippen molar-refractivity contribution >= 4 is 27.5 Å². The van der Waals surface area contributed by atoms with Crippen molar-refractivity contribution in [1.29, 1.82) is 0 Å². The molecule has 0 bridgehead atoms. The van der Waals surface area contributed by atoms with Gasteiger partial charge in [0.25, 0.3) is 0 Å². The molecular formula is C28H39N3O6S. The van der Waals surface area contributed by atoms with Crippen molar-refractivity contribution in [2.24, 2.45) is 0 Å². The number of hydrogen-bond donors (Lipinski definition) is 1. The lowest BCUT2D eigenvalue weighted by molar-refractivity contribution is -0.140. The second-order valence-corrected chi connectivity index (χ2v) is 11.6. The molecular weight excluding hydrogens is 506 g/mol. The van der Waals surface area contributed by atoms with Gasteiger partial charge in [-0.15, -0.1) is 0 Å². The Morgan fingerprint density at radius 3 is 2.34 bits per heavy atom. The Bertz CT molecular complexity index is 1230. The normalized spacial score (nSPS) is 14.6. The first kappa shape index (κ1) is 29.3. The highest BCUT2D eigenvalue weighted by molar-refractivity contribution is 7.92. The summed E-state index contributed by atoms with van der Waals surface area (Å²) in [5, 5.41) is 3.11. The van der Waals surface area contributed by atoms with E-state index < -0.39 is 28.5 Å². The standard InChI is InChI=1S/C28H39N3O6S/c1-6-24(28(33)29-22-13-9-10-14-22)30(18-21-12-8-7-11-20(21)2)27(32)19-31(38(5,34)35)25-16-15-23(36-3)17-26(25)37-4/h7-8,11-12,15-17,22,24H,6,9-10,13-14,18-19H2,1-5H3,(H,29,33)/t24-/m0/s1. The van der Waals surface area contributed by atoms with Crippen LogP contribution in [0.25, 0.3) is 0 Å². The van der Waals surface area contributed by atoms with Crippen LogP contribution in [0.15, 0.2) is 42.5 Å². The van der Waals surface area contributed by atoms with Gasteiger partial charge in [-0.1, -0.05) is 44.0 Å². The minimum atomic E-state index is -3.89. The first-order valence-corrected chi connectivity index (χ1v) is 14.8. The van der Waals surface area contributed by atoms with Crippen molar-refractivity contribution in [3.05, 3.63) is 53.6 Å². The average molecular weight is 546 g/mol. The quantitative estimate of drug-likeness (QED) is 0.437. The maximum Gasteiger partial charge on any atom is 0.244 e. The van der Waals surface area contributed by atoms with Gasteiger partial charge in [0.2, 0.25) is 21.8 Å². The molecule has 208 valence electrons. The second kappa shape index (κ2) is 13.0. The minimum absolute atomic E-state index is 0.100. The van der Waals surface area contributed by atoms with E-state index >= 15 is 0 Å². The van der Waals surface area contributed by atoms with Crippen LogP contribution >= 0.6 is 0 Å². The van der Waals surface area contributed by atoms with E-state index in [-0.39, 0.29) is 29.9 Å². The molecule has 10 heteroatoms. The van der Waals surface area contributed by atoms with Gasteiger partial charge in [0, 0.05) is 18.7 Å². The highest BCUT2D eigenvalue weighted by Crippen LogP contribution is 2.34. The van der Waals surface area contributed by atoms with Crippen LogP contribution in [0, 0.1) is 6.92 Å². The van der Waals surface area contributed by atoms with E-state index in [0.29, 0.717) is 12.2 Å². The second-order valence-electron chi connectivity index (χ2n) is 9.67. The third-order valence-corrected chi connectivity index (χ3v) is 8.15. The maximum atomic E-state index is 13.9. The van der Waals surface area contributed by atoms with Crippen LogP contribution in [0.4, 0.5) is 5.69 Å². The van der Waals surface area contributed by atoms with Gasteiger partial charge in [0.1, 0.15) is 24.1 Å². The lowest BCUT2D eigenvalue weighted by Gasteiger charge is -2.34. The van der Waals surface area contributed by atoms with Crippen molar-refractivity contribution < 1.29 is 27.5 Å². The number of carbonyl (C=O) groups excluding carboxylic acids is 2. The smallest absolute Gasteiger partial charge is 0.244 e. The number of nitrogens with zero attached hydrogens (tertiary/aromatic N) is 2. The molecule has 3 rings (SSSR count). The summed E-state index contributed by atoms with van der Waals surface area (Å²) < 4.78 is 37.5. The third kappa shape index (κ3) is 7.18. The molecule has 0 heterocycles. The summed E-state index contributed by atoms with van der Waals surface area (Å²) in [4.78, 5) is 28.8. The molecule has 0 unspecified atom stereocenters.